The van der Waals surface area contributed by atoms with Gasteiger partial charge in [0.15, 0.2) is 11.5 Å². The summed E-state index contributed by atoms with van der Waals surface area (Å²) in [6.45, 7) is 1.43. The predicted octanol–water partition coefficient (Wildman–Crippen LogP) is 3.60. The summed E-state index contributed by atoms with van der Waals surface area (Å²) in [6.07, 6.45) is 1.28. The molecule has 2 aromatic rings. The van der Waals surface area contributed by atoms with Crippen LogP contribution in [0, 0.1) is 5.92 Å². The first kappa shape index (κ1) is 20.0. The molecule has 28 heavy (non-hydrogen) atoms. The Balaban J connectivity index is 1.99. The molecule has 0 spiro atoms. The highest BCUT2D eigenvalue weighted by molar-refractivity contribution is 5.70. The molecule has 150 valence electrons. The lowest BCUT2D eigenvalue weighted by Gasteiger charge is -2.37. The number of hydrogen-bond acceptors (Lipinski definition) is 5. The van der Waals surface area contributed by atoms with E-state index in [2.05, 4.69) is 11.0 Å². The van der Waals surface area contributed by atoms with E-state index in [4.69, 9.17) is 14.2 Å². The number of hydrogen-bond donors (Lipinski definition) is 1. The molecular weight excluding hydrogens is 358 g/mol. The van der Waals surface area contributed by atoms with Crippen LogP contribution in [-0.4, -0.2) is 50.4 Å². The van der Waals surface area contributed by atoms with Gasteiger partial charge in [0, 0.05) is 0 Å². The number of nitrogens with zero attached hydrogens (tertiary/aromatic N) is 1. The monoisotopic (exact) mass is 385 g/mol. The lowest BCUT2D eigenvalue weighted by molar-refractivity contribution is -0.143. The standard InChI is InChI=1S/C22H27NO5/c1-26-18-6-4-5-16(13-18)21(23-11-9-15(10-12-23)22(24)25)17-7-8-19(27-2)20(14-17)28-3/h4-8,13-15,21H,9-12H2,1-3H3,(H,24,25). The third-order valence-corrected chi connectivity index (χ3v) is 5.38. The zero-order valence-corrected chi connectivity index (χ0v) is 16.6. The minimum atomic E-state index is -0.705. The van der Waals surface area contributed by atoms with Crippen LogP contribution in [0.1, 0.15) is 30.0 Å². The van der Waals surface area contributed by atoms with Crippen LogP contribution in [-0.2, 0) is 4.79 Å². The van der Waals surface area contributed by atoms with Crippen molar-refractivity contribution in [2.75, 3.05) is 34.4 Å². The molecule has 3 rings (SSSR count). The molecule has 1 unspecified atom stereocenters. The molecule has 1 atom stereocenters. The number of ether oxygens (including phenoxy) is 3. The highest BCUT2D eigenvalue weighted by Crippen LogP contribution is 2.37. The van der Waals surface area contributed by atoms with Gasteiger partial charge < -0.3 is 19.3 Å². The van der Waals surface area contributed by atoms with E-state index in [1.807, 2.05) is 36.4 Å². The zero-order chi connectivity index (χ0) is 20.1. The normalized spacial score (nSPS) is 16.4. The van der Waals surface area contributed by atoms with Crippen molar-refractivity contribution >= 4 is 5.97 Å². The Morgan fingerprint density at radius 1 is 0.964 bits per heavy atom. The van der Waals surface area contributed by atoms with E-state index in [0.29, 0.717) is 37.4 Å². The summed E-state index contributed by atoms with van der Waals surface area (Å²) in [7, 11) is 4.90. The SMILES string of the molecule is COc1cccc(C(c2ccc(OC)c(OC)c2)N2CCC(C(=O)O)CC2)c1. The number of aliphatic carboxylic acids is 1. The first-order chi connectivity index (χ1) is 13.6. The molecule has 0 amide bonds. The van der Waals surface area contributed by atoms with Gasteiger partial charge in [-0.1, -0.05) is 18.2 Å². The quantitative estimate of drug-likeness (QED) is 0.785. The predicted molar refractivity (Wildman–Crippen MR) is 106 cm³/mol. The Hall–Kier alpha value is -2.73. The number of rotatable bonds is 7. The van der Waals surface area contributed by atoms with Gasteiger partial charge in [0.1, 0.15) is 5.75 Å². The van der Waals surface area contributed by atoms with E-state index in [-0.39, 0.29) is 12.0 Å². The molecule has 1 aliphatic heterocycles. The van der Waals surface area contributed by atoms with Gasteiger partial charge >= 0.3 is 5.97 Å². The molecule has 6 heteroatoms. The molecule has 1 aliphatic rings. The van der Waals surface area contributed by atoms with E-state index >= 15 is 0 Å². The molecule has 1 heterocycles. The maximum Gasteiger partial charge on any atom is 0.306 e. The summed E-state index contributed by atoms with van der Waals surface area (Å²) < 4.78 is 16.3. The van der Waals surface area contributed by atoms with Crippen molar-refractivity contribution in [2.45, 2.75) is 18.9 Å². The van der Waals surface area contributed by atoms with Crippen molar-refractivity contribution in [2.24, 2.45) is 5.92 Å². The summed E-state index contributed by atoms with van der Waals surface area (Å²) in [5, 5.41) is 9.33. The van der Waals surface area contributed by atoms with Crippen LogP contribution >= 0.6 is 0 Å². The van der Waals surface area contributed by atoms with Crippen LogP contribution in [0.2, 0.25) is 0 Å². The summed E-state index contributed by atoms with van der Waals surface area (Å²) in [5.74, 6) is 1.17. The third-order valence-electron chi connectivity index (χ3n) is 5.38. The van der Waals surface area contributed by atoms with Crippen LogP contribution in [0.3, 0.4) is 0 Å². The first-order valence-electron chi connectivity index (χ1n) is 9.40. The highest BCUT2D eigenvalue weighted by Gasteiger charge is 2.30. The largest absolute Gasteiger partial charge is 0.497 e. The van der Waals surface area contributed by atoms with Gasteiger partial charge in [0.05, 0.1) is 33.3 Å². The second kappa shape index (κ2) is 8.97. The van der Waals surface area contributed by atoms with E-state index < -0.39 is 5.97 Å². The fourth-order valence-corrected chi connectivity index (χ4v) is 3.85. The number of likely N-dealkylation sites (tertiary alicyclic amines) is 1. The van der Waals surface area contributed by atoms with E-state index in [0.717, 1.165) is 16.9 Å². The fraction of sp³-hybridized carbons (Fsp3) is 0.409. The maximum atomic E-state index is 11.3. The lowest BCUT2D eigenvalue weighted by Crippen LogP contribution is -2.39. The summed E-state index contributed by atoms with van der Waals surface area (Å²) >= 11 is 0. The minimum absolute atomic E-state index is 0.0235. The number of carboxylic acid groups (broad SMARTS) is 1. The van der Waals surface area contributed by atoms with Crippen molar-refractivity contribution in [1.29, 1.82) is 0 Å². The number of methoxy groups -OCH3 is 3. The van der Waals surface area contributed by atoms with Crippen molar-refractivity contribution < 1.29 is 24.1 Å². The zero-order valence-electron chi connectivity index (χ0n) is 16.6. The molecule has 0 aromatic heterocycles. The van der Waals surface area contributed by atoms with Gasteiger partial charge in [0.2, 0.25) is 0 Å². The summed E-state index contributed by atoms with van der Waals surface area (Å²) in [6, 6.07) is 13.9. The van der Waals surface area contributed by atoms with Crippen LogP contribution in [0.4, 0.5) is 0 Å². The Morgan fingerprint density at radius 3 is 2.25 bits per heavy atom. The third kappa shape index (κ3) is 4.22. The smallest absolute Gasteiger partial charge is 0.306 e. The topological polar surface area (TPSA) is 68.2 Å². The van der Waals surface area contributed by atoms with Crippen molar-refractivity contribution in [3.63, 3.8) is 0 Å². The average Bonchev–Trinajstić information content (AvgIpc) is 2.74. The van der Waals surface area contributed by atoms with Crippen LogP contribution < -0.4 is 14.2 Å². The molecule has 6 nitrogen and oxygen atoms in total. The molecule has 1 saturated heterocycles. The Bertz CT molecular complexity index is 814. The number of carboxylic acids is 1. The van der Waals surface area contributed by atoms with Crippen molar-refractivity contribution in [3.05, 3.63) is 53.6 Å². The van der Waals surface area contributed by atoms with Crippen LogP contribution in [0.25, 0.3) is 0 Å². The molecule has 0 aliphatic carbocycles. The van der Waals surface area contributed by atoms with Crippen LogP contribution in [0.5, 0.6) is 17.2 Å². The van der Waals surface area contributed by atoms with Gasteiger partial charge in [-0.2, -0.15) is 0 Å². The van der Waals surface area contributed by atoms with Gasteiger partial charge in [-0.25, -0.2) is 0 Å². The fourth-order valence-electron chi connectivity index (χ4n) is 3.85. The van der Waals surface area contributed by atoms with Gasteiger partial charge in [-0.15, -0.1) is 0 Å². The summed E-state index contributed by atoms with van der Waals surface area (Å²) in [4.78, 5) is 13.7. The maximum absolute atomic E-state index is 11.3. The average molecular weight is 385 g/mol. The highest BCUT2D eigenvalue weighted by atomic mass is 16.5. The Kier molecular flexibility index (Phi) is 6.41. The number of benzene rings is 2. The summed E-state index contributed by atoms with van der Waals surface area (Å²) in [5.41, 5.74) is 2.17. The molecular formula is C22H27NO5. The van der Waals surface area contributed by atoms with E-state index in [1.165, 1.54) is 0 Å². The van der Waals surface area contributed by atoms with Gasteiger partial charge in [-0.05, 0) is 61.3 Å². The molecule has 2 aromatic carbocycles. The number of piperidine rings is 1. The number of carbonyl (C=O) groups is 1. The van der Waals surface area contributed by atoms with Gasteiger partial charge in [-0.3, -0.25) is 9.69 Å². The van der Waals surface area contributed by atoms with Crippen molar-refractivity contribution in [1.82, 2.24) is 4.90 Å². The lowest BCUT2D eigenvalue weighted by atomic mass is 9.91. The molecule has 1 fully saturated rings. The molecule has 0 bridgehead atoms. The second-order valence-electron chi connectivity index (χ2n) is 6.94. The second-order valence-corrected chi connectivity index (χ2v) is 6.94. The van der Waals surface area contributed by atoms with Crippen LogP contribution in [0.15, 0.2) is 42.5 Å². The van der Waals surface area contributed by atoms with Crippen molar-refractivity contribution in [3.8, 4) is 17.2 Å². The Labute approximate surface area is 165 Å². The molecule has 0 radical (unpaired) electrons. The molecule has 0 saturated carbocycles. The van der Waals surface area contributed by atoms with E-state index in [9.17, 15) is 9.90 Å². The van der Waals surface area contributed by atoms with Gasteiger partial charge in [0.25, 0.3) is 0 Å². The minimum Gasteiger partial charge on any atom is -0.497 e. The molecule has 1 N–H and O–H groups in total. The Morgan fingerprint density at radius 2 is 1.64 bits per heavy atom. The van der Waals surface area contributed by atoms with E-state index in [1.54, 1.807) is 21.3 Å². The first-order valence-corrected chi connectivity index (χ1v) is 9.40.